The van der Waals surface area contributed by atoms with Gasteiger partial charge in [-0.05, 0) is 37.5 Å². The topological polar surface area (TPSA) is 39.2 Å². The molecule has 1 aliphatic rings. The summed E-state index contributed by atoms with van der Waals surface area (Å²) in [6.07, 6.45) is 5.16. The Labute approximate surface area is 84.8 Å². The van der Waals surface area contributed by atoms with Gasteiger partial charge in [-0.15, -0.1) is 0 Å². The van der Waals surface area contributed by atoms with E-state index < -0.39 is 0 Å². The van der Waals surface area contributed by atoms with Gasteiger partial charge in [-0.1, -0.05) is 13.0 Å². The standard InChI is InChI=1S/C12H17NO/c1-8-7-11(8)12-6-5-10(14-12)4-3-9(2)13/h3-6,8-9,11H,7,13H2,1-2H3/b4-3+. The van der Waals surface area contributed by atoms with Crippen LogP contribution >= 0.6 is 0 Å². The van der Waals surface area contributed by atoms with Gasteiger partial charge < -0.3 is 10.2 Å². The number of hydrogen-bond donors (Lipinski definition) is 1. The largest absolute Gasteiger partial charge is 0.461 e. The lowest BCUT2D eigenvalue weighted by molar-refractivity contribution is 0.497. The van der Waals surface area contributed by atoms with Crippen LogP contribution in [-0.2, 0) is 0 Å². The first-order valence-corrected chi connectivity index (χ1v) is 5.20. The van der Waals surface area contributed by atoms with Crippen LogP contribution in [0.3, 0.4) is 0 Å². The maximum absolute atomic E-state index is 5.69. The van der Waals surface area contributed by atoms with Gasteiger partial charge in [-0.25, -0.2) is 0 Å². The Morgan fingerprint density at radius 2 is 2.29 bits per heavy atom. The first-order chi connectivity index (χ1) is 6.66. The Bertz CT molecular complexity index is 338. The summed E-state index contributed by atoms with van der Waals surface area (Å²) in [5.41, 5.74) is 5.61. The molecular weight excluding hydrogens is 174 g/mol. The average Bonchev–Trinajstić information content (AvgIpc) is 2.68. The fourth-order valence-electron chi connectivity index (χ4n) is 1.62. The van der Waals surface area contributed by atoms with E-state index in [1.807, 2.05) is 25.1 Å². The fraction of sp³-hybridized carbons (Fsp3) is 0.500. The highest BCUT2D eigenvalue weighted by molar-refractivity contribution is 5.44. The predicted molar refractivity (Wildman–Crippen MR) is 57.9 cm³/mol. The number of nitrogens with two attached hydrogens (primary N) is 1. The Balaban J connectivity index is 2.03. The minimum Gasteiger partial charge on any atom is -0.461 e. The first kappa shape index (κ1) is 9.53. The van der Waals surface area contributed by atoms with Gasteiger partial charge >= 0.3 is 0 Å². The average molecular weight is 191 g/mol. The molecular formula is C12H17NO. The zero-order chi connectivity index (χ0) is 10.1. The van der Waals surface area contributed by atoms with E-state index in [4.69, 9.17) is 10.2 Å². The Hall–Kier alpha value is -1.02. The molecule has 2 rings (SSSR count). The van der Waals surface area contributed by atoms with Crippen LogP contribution in [-0.4, -0.2) is 6.04 Å². The van der Waals surface area contributed by atoms with Gasteiger partial charge in [-0.2, -0.15) is 0 Å². The lowest BCUT2D eigenvalue weighted by Crippen LogP contribution is -2.09. The van der Waals surface area contributed by atoms with Crippen LogP contribution in [0.2, 0.25) is 0 Å². The summed E-state index contributed by atoms with van der Waals surface area (Å²) >= 11 is 0. The van der Waals surface area contributed by atoms with E-state index in [1.54, 1.807) is 0 Å². The van der Waals surface area contributed by atoms with Gasteiger partial charge in [0.1, 0.15) is 11.5 Å². The Morgan fingerprint density at radius 3 is 2.86 bits per heavy atom. The van der Waals surface area contributed by atoms with E-state index in [1.165, 1.54) is 6.42 Å². The number of hydrogen-bond acceptors (Lipinski definition) is 2. The quantitative estimate of drug-likeness (QED) is 0.797. The van der Waals surface area contributed by atoms with Crippen LogP contribution in [0.15, 0.2) is 22.6 Å². The van der Waals surface area contributed by atoms with Crippen molar-refractivity contribution in [2.75, 3.05) is 0 Å². The summed E-state index contributed by atoms with van der Waals surface area (Å²) in [6, 6.07) is 4.18. The molecule has 0 aliphatic heterocycles. The number of furan rings is 1. The molecule has 0 saturated heterocycles. The maximum Gasteiger partial charge on any atom is 0.126 e. The van der Waals surface area contributed by atoms with Crippen molar-refractivity contribution in [3.05, 3.63) is 29.7 Å². The molecule has 0 radical (unpaired) electrons. The molecule has 1 aliphatic carbocycles. The monoisotopic (exact) mass is 191 g/mol. The summed E-state index contributed by atoms with van der Waals surface area (Å²) in [5, 5.41) is 0. The highest BCUT2D eigenvalue weighted by Crippen LogP contribution is 2.47. The zero-order valence-corrected chi connectivity index (χ0v) is 8.73. The minimum atomic E-state index is 0.0865. The van der Waals surface area contributed by atoms with E-state index in [0.717, 1.165) is 17.4 Å². The zero-order valence-electron chi connectivity index (χ0n) is 8.73. The molecule has 1 saturated carbocycles. The molecule has 76 valence electrons. The molecule has 1 aromatic heterocycles. The van der Waals surface area contributed by atoms with Crippen molar-refractivity contribution in [1.29, 1.82) is 0 Å². The molecule has 0 aromatic carbocycles. The fourth-order valence-corrected chi connectivity index (χ4v) is 1.62. The molecule has 3 atom stereocenters. The maximum atomic E-state index is 5.69. The van der Waals surface area contributed by atoms with Crippen LogP contribution in [0, 0.1) is 5.92 Å². The summed E-state index contributed by atoms with van der Waals surface area (Å²) in [4.78, 5) is 0. The van der Waals surface area contributed by atoms with Gasteiger partial charge in [-0.3, -0.25) is 0 Å². The molecule has 3 unspecified atom stereocenters. The van der Waals surface area contributed by atoms with E-state index in [2.05, 4.69) is 13.0 Å². The van der Waals surface area contributed by atoms with Gasteiger partial charge in [0, 0.05) is 12.0 Å². The lowest BCUT2D eigenvalue weighted by Gasteiger charge is -1.93. The molecule has 2 nitrogen and oxygen atoms in total. The van der Waals surface area contributed by atoms with E-state index >= 15 is 0 Å². The molecule has 1 heterocycles. The predicted octanol–water partition coefficient (Wildman–Crippen LogP) is 2.76. The van der Waals surface area contributed by atoms with Crippen molar-refractivity contribution in [2.24, 2.45) is 11.7 Å². The van der Waals surface area contributed by atoms with Gasteiger partial charge in [0.2, 0.25) is 0 Å². The lowest BCUT2D eigenvalue weighted by atomic mass is 10.2. The van der Waals surface area contributed by atoms with Crippen LogP contribution < -0.4 is 5.73 Å². The van der Waals surface area contributed by atoms with Crippen molar-refractivity contribution in [3.63, 3.8) is 0 Å². The second-order valence-corrected chi connectivity index (χ2v) is 4.28. The molecule has 0 amide bonds. The smallest absolute Gasteiger partial charge is 0.126 e. The third-order valence-corrected chi connectivity index (χ3v) is 2.69. The van der Waals surface area contributed by atoms with Crippen LogP contribution in [0.5, 0.6) is 0 Å². The normalized spacial score (nSPS) is 28.2. The third kappa shape index (κ3) is 2.07. The second-order valence-electron chi connectivity index (χ2n) is 4.28. The molecule has 1 aromatic rings. The number of rotatable bonds is 3. The van der Waals surface area contributed by atoms with Crippen molar-refractivity contribution >= 4 is 6.08 Å². The summed E-state index contributed by atoms with van der Waals surface area (Å²) < 4.78 is 5.69. The molecule has 1 fully saturated rings. The minimum absolute atomic E-state index is 0.0865. The summed E-state index contributed by atoms with van der Waals surface area (Å²) in [5.74, 6) is 3.50. The van der Waals surface area contributed by atoms with E-state index in [0.29, 0.717) is 5.92 Å². The summed E-state index contributed by atoms with van der Waals surface area (Å²) in [6.45, 7) is 4.20. The molecule has 2 N–H and O–H groups in total. The van der Waals surface area contributed by atoms with Crippen molar-refractivity contribution < 1.29 is 4.42 Å². The Morgan fingerprint density at radius 1 is 1.57 bits per heavy atom. The van der Waals surface area contributed by atoms with E-state index in [-0.39, 0.29) is 6.04 Å². The van der Waals surface area contributed by atoms with Crippen molar-refractivity contribution in [2.45, 2.75) is 32.2 Å². The Kier molecular flexibility index (Phi) is 2.46. The highest BCUT2D eigenvalue weighted by Gasteiger charge is 2.36. The van der Waals surface area contributed by atoms with Crippen molar-refractivity contribution in [1.82, 2.24) is 0 Å². The van der Waals surface area contributed by atoms with Gasteiger partial charge in [0.15, 0.2) is 0 Å². The molecule has 0 bridgehead atoms. The van der Waals surface area contributed by atoms with Crippen molar-refractivity contribution in [3.8, 4) is 0 Å². The van der Waals surface area contributed by atoms with Crippen LogP contribution in [0.1, 0.15) is 37.7 Å². The summed E-state index contributed by atoms with van der Waals surface area (Å²) in [7, 11) is 0. The SMILES string of the molecule is CC(N)/C=C/c1ccc(C2CC2C)o1. The van der Waals surface area contributed by atoms with Gasteiger partial charge in [0.05, 0.1) is 0 Å². The second kappa shape index (κ2) is 3.62. The molecule has 2 heteroatoms. The van der Waals surface area contributed by atoms with Gasteiger partial charge in [0.25, 0.3) is 0 Å². The third-order valence-electron chi connectivity index (χ3n) is 2.69. The first-order valence-electron chi connectivity index (χ1n) is 5.20. The van der Waals surface area contributed by atoms with E-state index in [9.17, 15) is 0 Å². The molecule has 0 spiro atoms. The van der Waals surface area contributed by atoms with Crippen LogP contribution in [0.4, 0.5) is 0 Å². The van der Waals surface area contributed by atoms with Crippen LogP contribution in [0.25, 0.3) is 6.08 Å². The molecule has 14 heavy (non-hydrogen) atoms. The highest BCUT2D eigenvalue weighted by atomic mass is 16.3.